The van der Waals surface area contributed by atoms with Crippen LogP contribution in [-0.4, -0.2) is 36.6 Å². The van der Waals surface area contributed by atoms with E-state index in [1.54, 1.807) is 0 Å². The standard InChI is InChI=1S/C15H12F6N4O3/c16-14(17,18)8-3-9(12(26)27)25-11(4-8)23-24(13(25)28)6-7-1-2-10(22-5-7)15(19,20)21/h1-2,5,8-9H,3-4,6H2,(H,26,27). The van der Waals surface area contributed by atoms with Crippen LogP contribution in [0.5, 0.6) is 0 Å². The van der Waals surface area contributed by atoms with E-state index in [0.29, 0.717) is 15.3 Å². The van der Waals surface area contributed by atoms with Gasteiger partial charge in [0.2, 0.25) is 0 Å². The van der Waals surface area contributed by atoms with E-state index in [2.05, 4.69) is 10.1 Å². The largest absolute Gasteiger partial charge is 0.480 e. The molecular weight excluding hydrogens is 398 g/mol. The highest BCUT2D eigenvalue weighted by Crippen LogP contribution is 2.38. The molecule has 2 atom stereocenters. The number of hydrogen-bond acceptors (Lipinski definition) is 4. The van der Waals surface area contributed by atoms with E-state index in [1.807, 2.05) is 0 Å². The first-order valence-electron chi connectivity index (χ1n) is 7.87. The molecule has 28 heavy (non-hydrogen) atoms. The minimum absolute atomic E-state index is 0.143. The Morgan fingerprint density at radius 2 is 1.89 bits per heavy atom. The molecule has 0 saturated heterocycles. The molecule has 7 nitrogen and oxygen atoms in total. The highest BCUT2D eigenvalue weighted by molar-refractivity contribution is 5.72. The van der Waals surface area contributed by atoms with Crippen LogP contribution in [-0.2, 0) is 23.9 Å². The lowest BCUT2D eigenvalue weighted by atomic mass is 9.92. The Morgan fingerprint density at radius 1 is 1.21 bits per heavy atom. The van der Waals surface area contributed by atoms with Gasteiger partial charge in [0.15, 0.2) is 0 Å². The van der Waals surface area contributed by atoms with Crippen LogP contribution in [0, 0.1) is 5.92 Å². The Labute approximate surface area is 152 Å². The Bertz CT molecular complexity index is 945. The summed E-state index contributed by atoms with van der Waals surface area (Å²) >= 11 is 0. The minimum atomic E-state index is -4.66. The van der Waals surface area contributed by atoms with Gasteiger partial charge in [0.1, 0.15) is 17.6 Å². The molecule has 0 aliphatic carbocycles. The molecule has 1 aliphatic heterocycles. The number of rotatable bonds is 3. The normalized spacial score (nSPS) is 20.1. The van der Waals surface area contributed by atoms with Crippen molar-refractivity contribution in [2.24, 2.45) is 5.92 Å². The fraction of sp³-hybridized carbons (Fsp3) is 0.467. The first kappa shape index (κ1) is 19.9. The van der Waals surface area contributed by atoms with E-state index in [9.17, 15) is 41.0 Å². The summed E-state index contributed by atoms with van der Waals surface area (Å²) in [5.41, 5.74) is -1.96. The van der Waals surface area contributed by atoms with Gasteiger partial charge in [-0.25, -0.2) is 14.3 Å². The number of pyridine rings is 1. The molecule has 1 aliphatic rings. The molecule has 2 aromatic heterocycles. The summed E-state index contributed by atoms with van der Waals surface area (Å²) in [4.78, 5) is 27.0. The Hall–Kier alpha value is -2.86. The quantitative estimate of drug-likeness (QED) is 0.785. The monoisotopic (exact) mass is 410 g/mol. The van der Waals surface area contributed by atoms with Crippen LogP contribution in [0.3, 0.4) is 0 Å². The summed E-state index contributed by atoms with van der Waals surface area (Å²) in [6.45, 7) is -0.368. The number of aromatic nitrogens is 4. The van der Waals surface area contributed by atoms with Crippen molar-refractivity contribution in [1.29, 1.82) is 0 Å². The Balaban J connectivity index is 1.94. The van der Waals surface area contributed by atoms with Crippen molar-refractivity contribution < 1.29 is 36.2 Å². The van der Waals surface area contributed by atoms with E-state index in [0.717, 1.165) is 12.3 Å². The molecule has 0 aromatic carbocycles. The number of carboxylic acid groups (broad SMARTS) is 1. The van der Waals surface area contributed by atoms with Crippen LogP contribution < -0.4 is 5.69 Å². The van der Waals surface area contributed by atoms with Gasteiger partial charge < -0.3 is 5.11 Å². The number of aliphatic carboxylic acids is 1. The van der Waals surface area contributed by atoms with Crippen LogP contribution in [0.1, 0.15) is 29.5 Å². The first-order chi connectivity index (χ1) is 12.9. The summed E-state index contributed by atoms with van der Waals surface area (Å²) in [5, 5.41) is 13.0. The smallest absolute Gasteiger partial charge is 0.433 e. The zero-order valence-corrected chi connectivity index (χ0v) is 13.8. The summed E-state index contributed by atoms with van der Waals surface area (Å²) < 4.78 is 78.1. The maximum Gasteiger partial charge on any atom is 0.433 e. The van der Waals surface area contributed by atoms with Crippen molar-refractivity contribution in [3.8, 4) is 0 Å². The number of carboxylic acids is 1. The average Bonchev–Trinajstić information content (AvgIpc) is 2.89. The molecule has 0 saturated carbocycles. The van der Waals surface area contributed by atoms with Crippen LogP contribution in [0.25, 0.3) is 0 Å². The zero-order chi connectivity index (χ0) is 20.9. The van der Waals surface area contributed by atoms with Crippen molar-refractivity contribution in [3.63, 3.8) is 0 Å². The number of hydrogen-bond donors (Lipinski definition) is 1. The van der Waals surface area contributed by atoms with Gasteiger partial charge in [-0.15, -0.1) is 0 Å². The number of fused-ring (bicyclic) bond motifs is 1. The summed E-state index contributed by atoms with van der Waals surface area (Å²) in [6.07, 6.45) is -9.92. The highest BCUT2D eigenvalue weighted by atomic mass is 19.4. The van der Waals surface area contributed by atoms with Gasteiger partial charge in [-0.1, -0.05) is 6.07 Å². The van der Waals surface area contributed by atoms with E-state index in [-0.39, 0.29) is 17.9 Å². The molecule has 2 unspecified atom stereocenters. The number of carbonyl (C=O) groups is 1. The number of halogens is 6. The third-order valence-corrected chi connectivity index (χ3v) is 4.39. The third-order valence-electron chi connectivity index (χ3n) is 4.39. The van der Waals surface area contributed by atoms with E-state index in [1.165, 1.54) is 0 Å². The summed E-state index contributed by atoms with van der Waals surface area (Å²) in [7, 11) is 0. The molecule has 1 N–H and O–H groups in total. The molecule has 3 rings (SSSR count). The second-order valence-electron chi connectivity index (χ2n) is 6.31. The molecule has 0 spiro atoms. The lowest BCUT2D eigenvalue weighted by Gasteiger charge is -2.28. The molecule has 0 amide bonds. The minimum Gasteiger partial charge on any atom is -0.480 e. The topological polar surface area (TPSA) is 90.0 Å². The predicted octanol–water partition coefficient (Wildman–Crippen LogP) is 2.26. The third kappa shape index (κ3) is 3.73. The molecule has 0 fully saturated rings. The number of nitrogens with zero attached hydrogens (tertiary/aromatic N) is 4. The van der Waals surface area contributed by atoms with Gasteiger partial charge in [-0.3, -0.25) is 9.55 Å². The van der Waals surface area contributed by atoms with Gasteiger partial charge in [0.05, 0.1) is 12.5 Å². The van der Waals surface area contributed by atoms with Gasteiger partial charge in [-0.2, -0.15) is 31.4 Å². The van der Waals surface area contributed by atoms with Crippen molar-refractivity contribution in [3.05, 3.63) is 45.9 Å². The summed E-state index contributed by atoms with van der Waals surface area (Å²) in [6, 6.07) is 0.00604. The lowest BCUT2D eigenvalue weighted by Crippen LogP contribution is -2.40. The van der Waals surface area contributed by atoms with Crippen LogP contribution >= 0.6 is 0 Å². The molecule has 0 bridgehead atoms. The van der Waals surface area contributed by atoms with Crippen molar-refractivity contribution in [1.82, 2.24) is 19.3 Å². The summed E-state index contributed by atoms with van der Waals surface area (Å²) in [5.74, 6) is -3.91. The number of alkyl halides is 6. The van der Waals surface area contributed by atoms with Crippen molar-refractivity contribution >= 4 is 5.97 Å². The van der Waals surface area contributed by atoms with Crippen LogP contribution in [0.15, 0.2) is 23.1 Å². The fourth-order valence-electron chi connectivity index (χ4n) is 3.02. The lowest BCUT2D eigenvalue weighted by molar-refractivity contribution is -0.183. The molecule has 13 heteroatoms. The first-order valence-corrected chi connectivity index (χ1v) is 7.87. The van der Waals surface area contributed by atoms with E-state index < -0.39 is 54.5 Å². The molecule has 2 aromatic rings. The second kappa shape index (κ2) is 6.63. The maximum absolute atomic E-state index is 13.0. The second-order valence-corrected chi connectivity index (χ2v) is 6.31. The molecule has 152 valence electrons. The van der Waals surface area contributed by atoms with E-state index >= 15 is 0 Å². The molecule has 3 heterocycles. The highest BCUT2D eigenvalue weighted by Gasteiger charge is 2.47. The average molecular weight is 410 g/mol. The molecule has 0 radical (unpaired) electrons. The Morgan fingerprint density at radius 3 is 2.39 bits per heavy atom. The van der Waals surface area contributed by atoms with Gasteiger partial charge in [0.25, 0.3) is 0 Å². The fourth-order valence-corrected chi connectivity index (χ4v) is 3.02. The SMILES string of the molecule is O=C(O)C1CC(C(F)(F)F)Cc2nn(Cc3ccc(C(F)(F)F)nc3)c(=O)n21. The van der Waals surface area contributed by atoms with Crippen molar-refractivity contribution in [2.75, 3.05) is 0 Å². The van der Waals surface area contributed by atoms with Crippen LogP contribution in [0.2, 0.25) is 0 Å². The van der Waals surface area contributed by atoms with Gasteiger partial charge in [-0.05, 0) is 18.1 Å². The maximum atomic E-state index is 13.0. The Kier molecular flexibility index (Phi) is 4.71. The van der Waals surface area contributed by atoms with Gasteiger partial charge in [0, 0.05) is 12.6 Å². The van der Waals surface area contributed by atoms with E-state index in [4.69, 9.17) is 0 Å². The zero-order valence-electron chi connectivity index (χ0n) is 13.8. The molecular formula is C15H12F6N4O3. The van der Waals surface area contributed by atoms with Gasteiger partial charge >= 0.3 is 24.0 Å². The predicted molar refractivity (Wildman–Crippen MR) is 79.4 cm³/mol. The van der Waals surface area contributed by atoms with Crippen LogP contribution in [0.4, 0.5) is 26.3 Å². The van der Waals surface area contributed by atoms with Crippen molar-refractivity contribution in [2.45, 2.75) is 37.8 Å².